The minimum absolute atomic E-state index is 0.558. The fourth-order valence-electron chi connectivity index (χ4n) is 0.783. The molecule has 0 bridgehead atoms. The van der Waals surface area contributed by atoms with E-state index >= 15 is 0 Å². The molecule has 14 heavy (non-hydrogen) atoms. The van der Waals surface area contributed by atoms with Crippen LogP contribution in [0.4, 0.5) is 13.2 Å². The Morgan fingerprint density at radius 2 is 2.00 bits per heavy atom. The zero-order valence-corrected chi connectivity index (χ0v) is 8.08. The average molecular weight is 220 g/mol. The molecule has 1 nitrogen and oxygen atoms in total. The van der Waals surface area contributed by atoms with E-state index in [1.54, 1.807) is 18.2 Å². The van der Waals surface area contributed by atoms with Crippen LogP contribution in [0.5, 0.6) is 0 Å². The van der Waals surface area contributed by atoms with Crippen molar-refractivity contribution < 1.29 is 17.4 Å². The van der Waals surface area contributed by atoms with Crippen molar-refractivity contribution in [1.82, 2.24) is 0 Å². The van der Waals surface area contributed by atoms with E-state index in [-0.39, 0.29) is 0 Å². The van der Waals surface area contributed by atoms with Gasteiger partial charge in [0.25, 0.3) is 0 Å². The third-order valence-electron chi connectivity index (χ3n) is 1.35. The summed E-state index contributed by atoms with van der Waals surface area (Å²) in [6, 6.07) is 5.06. The van der Waals surface area contributed by atoms with Crippen molar-refractivity contribution in [3.63, 3.8) is 0 Å². The molecule has 0 saturated carbocycles. The van der Waals surface area contributed by atoms with E-state index < -0.39 is 12.1 Å². The zero-order valence-electron chi connectivity index (χ0n) is 7.26. The third kappa shape index (κ3) is 3.33. The van der Waals surface area contributed by atoms with Crippen LogP contribution < -0.4 is 0 Å². The van der Waals surface area contributed by atoms with Crippen LogP contribution in [0.3, 0.4) is 0 Å². The zero-order chi connectivity index (χ0) is 10.6. The van der Waals surface area contributed by atoms with Crippen LogP contribution in [0, 0.1) is 6.92 Å². The number of hydrogen-bond donors (Lipinski definition) is 0. The van der Waals surface area contributed by atoms with Crippen molar-refractivity contribution in [2.24, 2.45) is 0 Å². The predicted octanol–water partition coefficient (Wildman–Crippen LogP) is 4.05. The van der Waals surface area contributed by atoms with Gasteiger partial charge in [-0.25, -0.2) is 0 Å². The Morgan fingerprint density at radius 3 is 2.57 bits per heavy atom. The average Bonchev–Trinajstić information content (AvgIpc) is 2.14. The molecular formula is C9H7F3OS. The van der Waals surface area contributed by atoms with Gasteiger partial charge in [-0.15, -0.1) is 0 Å². The quantitative estimate of drug-likeness (QED) is 0.561. The van der Waals surface area contributed by atoms with Gasteiger partial charge in [0.1, 0.15) is 0 Å². The van der Waals surface area contributed by atoms with E-state index in [2.05, 4.69) is 4.18 Å². The first-order valence-electron chi connectivity index (χ1n) is 3.71. The minimum Gasteiger partial charge on any atom is -0.387 e. The SMILES string of the molecule is Cc1cccc(SOC(F)=C(F)F)c1. The van der Waals surface area contributed by atoms with Crippen LogP contribution in [0.25, 0.3) is 0 Å². The number of hydrogen-bond acceptors (Lipinski definition) is 2. The van der Waals surface area contributed by atoms with Gasteiger partial charge in [0, 0.05) is 4.90 Å². The highest BCUT2D eigenvalue weighted by atomic mass is 32.2. The third-order valence-corrected chi connectivity index (χ3v) is 2.03. The molecule has 0 unspecified atom stereocenters. The summed E-state index contributed by atoms with van der Waals surface area (Å²) in [5.41, 5.74) is 0.948. The molecule has 5 heteroatoms. The van der Waals surface area contributed by atoms with Crippen LogP contribution in [0.15, 0.2) is 41.3 Å². The lowest BCUT2D eigenvalue weighted by atomic mass is 10.2. The Balaban J connectivity index is 2.59. The van der Waals surface area contributed by atoms with Gasteiger partial charge < -0.3 is 4.18 Å². The van der Waals surface area contributed by atoms with Gasteiger partial charge >= 0.3 is 12.1 Å². The van der Waals surface area contributed by atoms with Gasteiger partial charge in [0.15, 0.2) is 0 Å². The molecule has 1 rings (SSSR count). The van der Waals surface area contributed by atoms with Crippen molar-refractivity contribution in [3.8, 4) is 0 Å². The maximum atomic E-state index is 12.2. The van der Waals surface area contributed by atoms with E-state index in [0.717, 1.165) is 5.56 Å². The molecule has 0 aliphatic rings. The summed E-state index contributed by atoms with van der Waals surface area (Å²) in [5, 5.41) is 0. The second kappa shape index (κ2) is 4.95. The highest BCUT2D eigenvalue weighted by Gasteiger charge is 2.07. The lowest BCUT2D eigenvalue weighted by Crippen LogP contribution is -1.79. The van der Waals surface area contributed by atoms with Gasteiger partial charge in [-0.2, -0.15) is 13.2 Å². The number of halogens is 3. The van der Waals surface area contributed by atoms with E-state index in [1.807, 2.05) is 13.0 Å². The highest BCUT2D eigenvalue weighted by molar-refractivity contribution is 7.94. The lowest BCUT2D eigenvalue weighted by molar-refractivity contribution is 0.266. The minimum atomic E-state index is -2.45. The topological polar surface area (TPSA) is 9.23 Å². The van der Waals surface area contributed by atoms with E-state index in [4.69, 9.17) is 0 Å². The molecule has 0 spiro atoms. The van der Waals surface area contributed by atoms with E-state index in [9.17, 15) is 13.2 Å². The molecule has 0 N–H and O–H groups in total. The summed E-state index contributed by atoms with van der Waals surface area (Å²) in [6.07, 6.45) is -2.45. The Labute approximate surface area is 83.8 Å². The van der Waals surface area contributed by atoms with E-state index in [0.29, 0.717) is 16.9 Å². The summed E-state index contributed by atoms with van der Waals surface area (Å²) in [5.74, 6) is 0. The standard InChI is InChI=1S/C9H7F3OS/c1-6-3-2-4-7(5-6)14-13-9(12)8(10)11/h2-5H,1H3. The fraction of sp³-hybridized carbons (Fsp3) is 0.111. The first kappa shape index (κ1) is 11.0. The van der Waals surface area contributed by atoms with Crippen LogP contribution in [-0.4, -0.2) is 0 Å². The molecule has 76 valence electrons. The monoisotopic (exact) mass is 220 g/mol. The molecule has 1 aromatic carbocycles. The van der Waals surface area contributed by atoms with Crippen molar-refractivity contribution in [2.45, 2.75) is 11.8 Å². The van der Waals surface area contributed by atoms with Gasteiger partial charge in [0.2, 0.25) is 0 Å². The Kier molecular flexibility index (Phi) is 3.88. The Hall–Kier alpha value is -1.10. The maximum absolute atomic E-state index is 12.2. The highest BCUT2D eigenvalue weighted by Crippen LogP contribution is 2.25. The molecule has 0 fully saturated rings. The van der Waals surface area contributed by atoms with Gasteiger partial charge in [-0.1, -0.05) is 12.1 Å². The number of rotatable bonds is 3. The van der Waals surface area contributed by atoms with Crippen LogP contribution >= 0.6 is 12.0 Å². The summed E-state index contributed by atoms with van der Waals surface area (Å²) < 4.78 is 39.5. The normalized spacial score (nSPS) is 9.71. The molecule has 0 amide bonds. The molecule has 0 saturated heterocycles. The second-order valence-electron chi connectivity index (χ2n) is 2.52. The molecule has 0 radical (unpaired) electrons. The Bertz CT molecular complexity index is 348. The van der Waals surface area contributed by atoms with Gasteiger partial charge in [-0.3, -0.25) is 0 Å². The molecule has 0 aromatic heterocycles. The number of benzene rings is 1. The maximum Gasteiger partial charge on any atom is 0.351 e. The van der Waals surface area contributed by atoms with Gasteiger partial charge in [-0.05, 0) is 24.6 Å². The number of aryl methyl sites for hydroxylation is 1. The first-order valence-corrected chi connectivity index (χ1v) is 4.45. The van der Waals surface area contributed by atoms with Crippen molar-refractivity contribution >= 4 is 12.0 Å². The van der Waals surface area contributed by atoms with E-state index in [1.165, 1.54) is 0 Å². The van der Waals surface area contributed by atoms with Crippen molar-refractivity contribution in [3.05, 3.63) is 41.9 Å². The van der Waals surface area contributed by atoms with Crippen LogP contribution in [0.2, 0.25) is 0 Å². The predicted molar refractivity (Wildman–Crippen MR) is 48.5 cm³/mol. The second-order valence-corrected chi connectivity index (χ2v) is 3.32. The van der Waals surface area contributed by atoms with Crippen molar-refractivity contribution in [2.75, 3.05) is 0 Å². The van der Waals surface area contributed by atoms with Crippen LogP contribution in [0.1, 0.15) is 5.56 Å². The fourth-order valence-corrected chi connectivity index (χ4v) is 1.38. The largest absolute Gasteiger partial charge is 0.387 e. The molecule has 0 aliphatic heterocycles. The van der Waals surface area contributed by atoms with Crippen molar-refractivity contribution in [1.29, 1.82) is 0 Å². The summed E-state index contributed by atoms with van der Waals surface area (Å²) in [4.78, 5) is 0.571. The lowest BCUT2D eigenvalue weighted by Gasteiger charge is -2.00. The molecule has 0 heterocycles. The molecule has 0 aliphatic carbocycles. The molecular weight excluding hydrogens is 213 g/mol. The smallest absolute Gasteiger partial charge is 0.351 e. The van der Waals surface area contributed by atoms with Gasteiger partial charge in [0.05, 0.1) is 12.0 Å². The van der Waals surface area contributed by atoms with Crippen LogP contribution in [-0.2, 0) is 4.18 Å². The summed E-state index contributed by atoms with van der Waals surface area (Å²) >= 11 is 0.558. The first-order chi connectivity index (χ1) is 6.59. The molecule has 1 aromatic rings. The summed E-state index contributed by atoms with van der Waals surface area (Å²) in [7, 11) is 0. The molecule has 0 atom stereocenters. The Morgan fingerprint density at radius 1 is 1.29 bits per heavy atom. The summed E-state index contributed by atoms with van der Waals surface area (Å²) in [6.45, 7) is 1.84.